The van der Waals surface area contributed by atoms with E-state index in [1.165, 1.54) is 0 Å². The smallest absolute Gasteiger partial charge is 0.265 e. The van der Waals surface area contributed by atoms with Crippen molar-refractivity contribution in [3.63, 3.8) is 0 Å². The maximum Gasteiger partial charge on any atom is 0.265 e. The van der Waals surface area contributed by atoms with E-state index in [1.54, 1.807) is 23.1 Å². The molecule has 1 aliphatic heterocycles. The number of aromatic nitrogens is 1. The lowest BCUT2D eigenvalue weighted by Gasteiger charge is -2.27. The fourth-order valence-electron chi connectivity index (χ4n) is 4.54. The predicted molar refractivity (Wildman–Crippen MR) is 160 cm³/mol. The van der Waals surface area contributed by atoms with E-state index in [4.69, 9.17) is 23.2 Å². The van der Waals surface area contributed by atoms with Crippen molar-refractivity contribution >= 4 is 88.5 Å². The van der Waals surface area contributed by atoms with Crippen molar-refractivity contribution in [1.29, 1.82) is 0 Å². The van der Waals surface area contributed by atoms with Gasteiger partial charge in [-0.15, -0.1) is 0 Å². The Labute approximate surface area is 247 Å². The van der Waals surface area contributed by atoms with Crippen molar-refractivity contribution in [3.8, 4) is 0 Å². The van der Waals surface area contributed by atoms with E-state index in [0.717, 1.165) is 37.8 Å². The summed E-state index contributed by atoms with van der Waals surface area (Å²) in [5.41, 5.74) is 3.00. The summed E-state index contributed by atoms with van der Waals surface area (Å²) in [4.78, 5) is 3.20. The van der Waals surface area contributed by atoms with Crippen molar-refractivity contribution < 1.29 is 30.5 Å². The van der Waals surface area contributed by atoms with Crippen LogP contribution >= 0.6 is 46.3 Å². The second-order valence-electron chi connectivity index (χ2n) is 9.22. The zero-order valence-electron chi connectivity index (χ0n) is 21.1. The fraction of sp³-hybridized carbons (Fsp3) is 0.400. The number of fused-ring (bicyclic) bond motifs is 2. The second kappa shape index (κ2) is 12.6. The SMILES string of the molecule is CCC(=Cc1sc2ccc(Cl)cc2[n+]1CCCS(=O)(=O)O)CC1Sc2ccc(Cl)cc2N1CCCS(=O)(=O)O. The molecule has 3 aromatic rings. The molecule has 1 aromatic heterocycles. The van der Waals surface area contributed by atoms with Gasteiger partial charge in [0, 0.05) is 40.0 Å². The first kappa shape index (κ1) is 30.6. The highest BCUT2D eigenvalue weighted by atomic mass is 35.5. The zero-order valence-corrected chi connectivity index (χ0v) is 25.9. The molecule has 0 saturated carbocycles. The number of hydrogen-bond acceptors (Lipinski definition) is 7. The van der Waals surface area contributed by atoms with E-state index in [9.17, 15) is 25.9 Å². The molecule has 1 atom stereocenters. The van der Waals surface area contributed by atoms with E-state index in [2.05, 4.69) is 17.9 Å². The Morgan fingerprint density at radius 2 is 1.69 bits per heavy atom. The molecule has 2 aromatic carbocycles. The molecule has 0 aliphatic carbocycles. The van der Waals surface area contributed by atoms with Crippen LogP contribution < -0.4 is 9.47 Å². The Kier molecular flexibility index (Phi) is 9.91. The Morgan fingerprint density at radius 1 is 1.03 bits per heavy atom. The van der Waals surface area contributed by atoms with Gasteiger partial charge in [0.1, 0.15) is 4.70 Å². The molecule has 39 heavy (non-hydrogen) atoms. The van der Waals surface area contributed by atoms with Gasteiger partial charge in [0.15, 0.2) is 6.54 Å². The highest BCUT2D eigenvalue weighted by Gasteiger charge is 2.31. The maximum atomic E-state index is 11.3. The summed E-state index contributed by atoms with van der Waals surface area (Å²) < 4.78 is 66.7. The number of rotatable bonds is 12. The summed E-state index contributed by atoms with van der Waals surface area (Å²) >= 11 is 15.8. The van der Waals surface area contributed by atoms with Gasteiger partial charge in [-0.1, -0.05) is 58.8 Å². The third-order valence-corrected chi connectivity index (χ3v) is 10.8. The number of aryl methyl sites for hydroxylation is 1. The minimum atomic E-state index is -4.07. The van der Waals surface area contributed by atoms with Gasteiger partial charge >= 0.3 is 0 Å². The summed E-state index contributed by atoms with van der Waals surface area (Å²) in [6.45, 7) is 2.91. The number of thiazole rings is 1. The molecule has 2 heterocycles. The number of halogens is 2. The van der Waals surface area contributed by atoms with Crippen LogP contribution in [-0.4, -0.2) is 49.4 Å². The first-order valence-electron chi connectivity index (χ1n) is 12.3. The molecule has 0 amide bonds. The van der Waals surface area contributed by atoms with Gasteiger partial charge in [-0.25, -0.2) is 0 Å². The first-order valence-corrected chi connectivity index (χ1v) is 17.9. The summed E-state index contributed by atoms with van der Waals surface area (Å²) in [5, 5.41) is 2.12. The minimum Gasteiger partial charge on any atom is -0.358 e. The van der Waals surface area contributed by atoms with Crippen LogP contribution in [0.2, 0.25) is 10.0 Å². The topological polar surface area (TPSA) is 116 Å². The van der Waals surface area contributed by atoms with Crippen LogP contribution in [-0.2, 0) is 26.8 Å². The molecular weight excluding hydrogens is 623 g/mol. The van der Waals surface area contributed by atoms with Gasteiger partial charge in [0.2, 0.25) is 5.52 Å². The standard InChI is InChI=1S/C25H28Cl2N2O6S4/c1-2-17(13-24-28(9-3-11-38(30,31)32)20-15-18(26)5-7-22(20)36-24)14-25-29(10-4-12-39(33,34)35)21-16-19(27)6-8-23(21)37-25/h5-8,13,15-16,25H,2-4,9-12,14H2,1H3,(H-,30,31,32,33,34,35)/p+1. The molecular formula is C25H29Cl2N2O6S4+. The molecule has 4 rings (SSSR count). The number of hydrogen-bond donors (Lipinski definition) is 2. The average Bonchev–Trinajstić information content (AvgIpc) is 3.34. The summed E-state index contributed by atoms with van der Waals surface area (Å²) in [7, 11) is -8.13. The van der Waals surface area contributed by atoms with E-state index < -0.39 is 20.2 Å². The molecule has 0 bridgehead atoms. The number of thioether (sulfide) groups is 1. The van der Waals surface area contributed by atoms with Crippen molar-refractivity contribution in [3.05, 3.63) is 57.0 Å². The van der Waals surface area contributed by atoms with Gasteiger partial charge in [-0.05, 0) is 49.6 Å². The van der Waals surface area contributed by atoms with E-state index in [1.807, 2.05) is 41.0 Å². The Bertz CT molecular complexity index is 1610. The monoisotopic (exact) mass is 651 g/mol. The van der Waals surface area contributed by atoms with Gasteiger partial charge in [0.05, 0.1) is 22.6 Å². The molecule has 212 valence electrons. The fourth-order valence-corrected chi connectivity index (χ4v) is 8.40. The van der Waals surface area contributed by atoms with Crippen LogP contribution in [0.4, 0.5) is 5.69 Å². The molecule has 1 aliphatic rings. The normalized spacial score (nSPS) is 16.3. The predicted octanol–water partition coefficient (Wildman–Crippen LogP) is 6.17. The number of benzene rings is 2. The average molecular weight is 653 g/mol. The molecule has 8 nitrogen and oxygen atoms in total. The molecule has 0 fully saturated rings. The Morgan fingerprint density at radius 3 is 2.38 bits per heavy atom. The van der Waals surface area contributed by atoms with Crippen molar-refractivity contribution in [1.82, 2.24) is 0 Å². The quantitative estimate of drug-likeness (QED) is 0.176. The van der Waals surface area contributed by atoms with Gasteiger partial charge in [0.25, 0.3) is 25.2 Å². The Balaban J connectivity index is 1.63. The maximum absolute atomic E-state index is 11.3. The molecule has 0 spiro atoms. The van der Waals surface area contributed by atoms with Gasteiger partial charge in [-0.3, -0.25) is 9.11 Å². The van der Waals surface area contributed by atoms with E-state index >= 15 is 0 Å². The molecule has 0 radical (unpaired) electrons. The summed E-state index contributed by atoms with van der Waals surface area (Å²) in [6.07, 6.45) is 4.11. The molecule has 0 saturated heterocycles. The zero-order chi connectivity index (χ0) is 28.4. The van der Waals surface area contributed by atoms with Crippen LogP contribution in [0.15, 0.2) is 46.9 Å². The largest absolute Gasteiger partial charge is 0.358 e. The van der Waals surface area contributed by atoms with Crippen molar-refractivity contribution in [2.24, 2.45) is 0 Å². The van der Waals surface area contributed by atoms with Crippen molar-refractivity contribution in [2.45, 2.75) is 49.4 Å². The van der Waals surface area contributed by atoms with E-state index in [0.29, 0.717) is 29.6 Å². The second-order valence-corrected chi connectivity index (χ2v) is 15.5. The lowest BCUT2D eigenvalue weighted by Crippen LogP contribution is -2.36. The van der Waals surface area contributed by atoms with Crippen LogP contribution in [0.3, 0.4) is 0 Å². The first-order chi connectivity index (χ1) is 18.3. The lowest BCUT2D eigenvalue weighted by atomic mass is 10.1. The summed E-state index contributed by atoms with van der Waals surface area (Å²) in [5.74, 6) is -0.652. The van der Waals surface area contributed by atoms with Crippen LogP contribution in [0.25, 0.3) is 16.3 Å². The minimum absolute atomic E-state index is 0.00266. The molecule has 2 N–H and O–H groups in total. The van der Waals surface area contributed by atoms with Crippen LogP contribution in [0.1, 0.15) is 37.6 Å². The van der Waals surface area contributed by atoms with Gasteiger partial charge in [-0.2, -0.15) is 21.4 Å². The van der Waals surface area contributed by atoms with Crippen LogP contribution in [0, 0.1) is 0 Å². The Hall–Kier alpha value is -1.38. The molecule has 1 unspecified atom stereocenters. The third-order valence-electron chi connectivity index (χ3n) is 6.34. The van der Waals surface area contributed by atoms with Crippen molar-refractivity contribution in [2.75, 3.05) is 23.0 Å². The summed E-state index contributed by atoms with van der Waals surface area (Å²) in [6, 6.07) is 11.3. The number of anilines is 1. The van der Waals surface area contributed by atoms with Gasteiger partial charge < -0.3 is 4.90 Å². The highest BCUT2D eigenvalue weighted by Crippen LogP contribution is 2.47. The number of nitrogens with zero attached hydrogens (tertiary/aromatic N) is 2. The van der Waals surface area contributed by atoms with Crippen LogP contribution in [0.5, 0.6) is 0 Å². The lowest BCUT2D eigenvalue weighted by molar-refractivity contribution is -0.668. The highest BCUT2D eigenvalue weighted by molar-refractivity contribution is 8.00. The molecule has 14 heteroatoms. The van der Waals surface area contributed by atoms with E-state index in [-0.39, 0.29) is 29.7 Å². The third kappa shape index (κ3) is 8.32.